The van der Waals surface area contributed by atoms with Crippen molar-refractivity contribution in [2.45, 2.75) is 0 Å². The highest BCUT2D eigenvalue weighted by atomic mass is 16.1. The Morgan fingerprint density at radius 2 is 1.79 bits per heavy atom. The Balaban J connectivity index is 1.96. The lowest BCUT2D eigenvalue weighted by atomic mass is 10.1. The van der Waals surface area contributed by atoms with Crippen molar-refractivity contribution >= 4 is 5.78 Å². The topological polar surface area (TPSA) is 20.3 Å². The zero-order valence-electron chi connectivity index (χ0n) is 8.02. The molecular formula is C12H13NO. The standard InChI is InChI=1S/C12H13NO/c14-12(10-13-8-4-5-9-13)11-6-2-1-3-7-11/h1-7H,8-10H2. The van der Waals surface area contributed by atoms with Crippen LogP contribution in [0, 0.1) is 0 Å². The van der Waals surface area contributed by atoms with Gasteiger partial charge in [0.25, 0.3) is 0 Å². The van der Waals surface area contributed by atoms with E-state index in [2.05, 4.69) is 17.1 Å². The molecule has 1 aromatic rings. The van der Waals surface area contributed by atoms with Gasteiger partial charge in [-0.3, -0.25) is 9.69 Å². The molecule has 2 heteroatoms. The predicted octanol–water partition coefficient (Wildman–Crippen LogP) is 1.74. The molecule has 0 atom stereocenters. The van der Waals surface area contributed by atoms with Crippen LogP contribution in [-0.4, -0.2) is 30.3 Å². The second kappa shape index (κ2) is 4.20. The van der Waals surface area contributed by atoms with Gasteiger partial charge in [0.15, 0.2) is 5.78 Å². The van der Waals surface area contributed by atoms with Crippen LogP contribution in [0.3, 0.4) is 0 Å². The minimum absolute atomic E-state index is 0.203. The maximum Gasteiger partial charge on any atom is 0.176 e. The molecule has 1 heterocycles. The minimum atomic E-state index is 0.203. The van der Waals surface area contributed by atoms with Crippen LogP contribution in [-0.2, 0) is 0 Å². The van der Waals surface area contributed by atoms with E-state index < -0.39 is 0 Å². The van der Waals surface area contributed by atoms with Crippen LogP contribution in [0.4, 0.5) is 0 Å². The summed E-state index contributed by atoms with van der Waals surface area (Å²) in [5.74, 6) is 0.203. The van der Waals surface area contributed by atoms with Crippen LogP contribution < -0.4 is 0 Å². The smallest absolute Gasteiger partial charge is 0.176 e. The Morgan fingerprint density at radius 1 is 1.14 bits per heavy atom. The number of hydrogen-bond donors (Lipinski definition) is 0. The first-order valence-electron chi connectivity index (χ1n) is 4.82. The van der Waals surface area contributed by atoms with Gasteiger partial charge in [0.1, 0.15) is 0 Å². The van der Waals surface area contributed by atoms with Crippen LogP contribution >= 0.6 is 0 Å². The maximum absolute atomic E-state index is 11.7. The molecule has 1 aliphatic rings. The molecule has 0 saturated heterocycles. The lowest BCUT2D eigenvalue weighted by Gasteiger charge is -2.12. The highest BCUT2D eigenvalue weighted by molar-refractivity contribution is 5.97. The van der Waals surface area contributed by atoms with Crippen molar-refractivity contribution in [3.8, 4) is 0 Å². The van der Waals surface area contributed by atoms with E-state index in [1.165, 1.54) is 0 Å². The third-order valence-electron chi connectivity index (χ3n) is 2.36. The van der Waals surface area contributed by atoms with Gasteiger partial charge in [0.05, 0.1) is 6.54 Å². The fraction of sp³-hybridized carbons (Fsp3) is 0.250. The van der Waals surface area contributed by atoms with Gasteiger partial charge in [0.2, 0.25) is 0 Å². The fourth-order valence-corrected chi connectivity index (χ4v) is 1.57. The van der Waals surface area contributed by atoms with Gasteiger partial charge in [0, 0.05) is 18.7 Å². The van der Waals surface area contributed by atoms with E-state index in [1.54, 1.807) is 0 Å². The maximum atomic E-state index is 11.7. The van der Waals surface area contributed by atoms with Gasteiger partial charge in [-0.2, -0.15) is 0 Å². The largest absolute Gasteiger partial charge is 0.293 e. The van der Waals surface area contributed by atoms with Crippen molar-refractivity contribution in [3.63, 3.8) is 0 Å². The quantitative estimate of drug-likeness (QED) is 0.530. The van der Waals surface area contributed by atoms with Gasteiger partial charge in [-0.05, 0) is 0 Å². The first-order valence-corrected chi connectivity index (χ1v) is 4.82. The molecule has 72 valence electrons. The van der Waals surface area contributed by atoms with Gasteiger partial charge in [-0.25, -0.2) is 0 Å². The zero-order chi connectivity index (χ0) is 9.80. The Labute approximate surface area is 83.8 Å². The lowest BCUT2D eigenvalue weighted by Crippen LogP contribution is -2.27. The van der Waals surface area contributed by atoms with E-state index in [9.17, 15) is 4.79 Å². The number of benzene rings is 1. The van der Waals surface area contributed by atoms with Crippen molar-refractivity contribution < 1.29 is 4.79 Å². The first kappa shape index (κ1) is 9.16. The summed E-state index contributed by atoms with van der Waals surface area (Å²) < 4.78 is 0. The second-order valence-corrected chi connectivity index (χ2v) is 3.45. The van der Waals surface area contributed by atoms with Crippen molar-refractivity contribution in [2.75, 3.05) is 19.6 Å². The fourth-order valence-electron chi connectivity index (χ4n) is 1.57. The number of nitrogens with zero attached hydrogens (tertiary/aromatic N) is 1. The third-order valence-corrected chi connectivity index (χ3v) is 2.36. The van der Waals surface area contributed by atoms with Crippen molar-refractivity contribution in [1.29, 1.82) is 0 Å². The Kier molecular flexibility index (Phi) is 2.75. The molecule has 2 nitrogen and oxygen atoms in total. The molecule has 14 heavy (non-hydrogen) atoms. The normalized spacial score (nSPS) is 16.0. The summed E-state index contributed by atoms with van der Waals surface area (Å²) in [4.78, 5) is 13.9. The average Bonchev–Trinajstić information content (AvgIpc) is 2.72. The summed E-state index contributed by atoms with van der Waals surface area (Å²) in [6, 6.07) is 9.46. The number of carbonyl (C=O) groups excluding carboxylic acids is 1. The summed E-state index contributed by atoms with van der Waals surface area (Å²) in [6.07, 6.45) is 4.19. The number of hydrogen-bond acceptors (Lipinski definition) is 2. The number of Topliss-reactive ketones (excluding diaryl/α,β-unsaturated/α-hetero) is 1. The van der Waals surface area contributed by atoms with Crippen LogP contribution in [0.15, 0.2) is 42.5 Å². The number of rotatable bonds is 3. The average molecular weight is 187 g/mol. The summed E-state index contributed by atoms with van der Waals surface area (Å²) in [5, 5.41) is 0. The number of carbonyl (C=O) groups is 1. The van der Waals surface area contributed by atoms with Crippen LogP contribution in [0.1, 0.15) is 10.4 Å². The summed E-state index contributed by atoms with van der Waals surface area (Å²) >= 11 is 0. The van der Waals surface area contributed by atoms with E-state index in [-0.39, 0.29) is 5.78 Å². The highest BCUT2D eigenvalue weighted by Gasteiger charge is 2.12. The second-order valence-electron chi connectivity index (χ2n) is 3.45. The first-order chi connectivity index (χ1) is 6.86. The van der Waals surface area contributed by atoms with E-state index in [0.717, 1.165) is 18.7 Å². The van der Waals surface area contributed by atoms with Crippen LogP contribution in [0.5, 0.6) is 0 Å². The van der Waals surface area contributed by atoms with Gasteiger partial charge >= 0.3 is 0 Å². The lowest BCUT2D eigenvalue weighted by molar-refractivity contribution is 0.0948. The summed E-state index contributed by atoms with van der Waals surface area (Å²) in [7, 11) is 0. The molecule has 2 rings (SSSR count). The van der Waals surface area contributed by atoms with E-state index in [0.29, 0.717) is 6.54 Å². The predicted molar refractivity (Wildman–Crippen MR) is 56.4 cm³/mol. The molecule has 0 amide bonds. The highest BCUT2D eigenvalue weighted by Crippen LogP contribution is 2.04. The van der Waals surface area contributed by atoms with E-state index in [4.69, 9.17) is 0 Å². The van der Waals surface area contributed by atoms with Crippen molar-refractivity contribution in [1.82, 2.24) is 4.90 Å². The SMILES string of the molecule is O=C(CN1CC=CC1)c1ccccc1. The third kappa shape index (κ3) is 2.09. The Morgan fingerprint density at radius 3 is 2.43 bits per heavy atom. The number of ketones is 1. The minimum Gasteiger partial charge on any atom is -0.293 e. The van der Waals surface area contributed by atoms with Crippen molar-refractivity contribution in [2.24, 2.45) is 0 Å². The van der Waals surface area contributed by atoms with Gasteiger partial charge < -0.3 is 0 Å². The molecule has 1 aliphatic heterocycles. The Bertz CT molecular complexity index is 335. The molecule has 0 fully saturated rings. The van der Waals surface area contributed by atoms with E-state index >= 15 is 0 Å². The monoisotopic (exact) mass is 187 g/mol. The molecule has 0 aliphatic carbocycles. The molecule has 0 radical (unpaired) electrons. The zero-order valence-corrected chi connectivity index (χ0v) is 8.02. The Hall–Kier alpha value is -1.41. The molecule has 0 spiro atoms. The molecule has 0 unspecified atom stereocenters. The van der Waals surface area contributed by atoms with Crippen LogP contribution in [0.25, 0.3) is 0 Å². The van der Waals surface area contributed by atoms with E-state index in [1.807, 2.05) is 30.3 Å². The van der Waals surface area contributed by atoms with Crippen molar-refractivity contribution in [3.05, 3.63) is 48.0 Å². The molecule has 1 aromatic carbocycles. The molecule has 0 bridgehead atoms. The summed E-state index contributed by atoms with van der Waals surface area (Å²) in [6.45, 7) is 2.33. The summed E-state index contributed by atoms with van der Waals surface area (Å²) in [5.41, 5.74) is 0.805. The van der Waals surface area contributed by atoms with Crippen LogP contribution in [0.2, 0.25) is 0 Å². The molecule has 0 N–H and O–H groups in total. The van der Waals surface area contributed by atoms with Gasteiger partial charge in [-0.1, -0.05) is 42.5 Å². The van der Waals surface area contributed by atoms with Gasteiger partial charge in [-0.15, -0.1) is 0 Å². The molecule has 0 aromatic heterocycles. The molecular weight excluding hydrogens is 174 g/mol. The molecule has 0 saturated carbocycles.